The molecule has 0 radical (unpaired) electrons. The van der Waals surface area contributed by atoms with Crippen molar-refractivity contribution in [2.75, 3.05) is 6.54 Å². The fraction of sp³-hybridized carbons (Fsp3) is 0.333. The first kappa shape index (κ1) is 22.1. The van der Waals surface area contributed by atoms with Crippen molar-refractivity contribution in [3.63, 3.8) is 0 Å². The molecule has 4 heteroatoms. The number of allylic oxidation sites excluding steroid dienone is 1. The van der Waals surface area contributed by atoms with Gasteiger partial charge in [-0.2, -0.15) is 0 Å². The Kier molecular flexibility index (Phi) is 7.79. The zero-order chi connectivity index (χ0) is 20.7. The van der Waals surface area contributed by atoms with Gasteiger partial charge in [-0.15, -0.1) is 0 Å². The van der Waals surface area contributed by atoms with Crippen LogP contribution in [0.4, 0.5) is 0 Å². The predicted octanol–water partition coefficient (Wildman–Crippen LogP) is 4.28. The number of ketones is 1. The Hall–Kier alpha value is -2.16. The van der Waals surface area contributed by atoms with Gasteiger partial charge in [0.25, 0.3) is 0 Å². The second-order valence-corrected chi connectivity index (χ2v) is 10.4. The summed E-state index contributed by atoms with van der Waals surface area (Å²) in [6.07, 6.45) is 2.04. The number of carbonyl (C=O) groups is 2. The molecule has 0 spiro atoms. The Balaban J connectivity index is 2.41. The van der Waals surface area contributed by atoms with Gasteiger partial charge in [0, 0.05) is 0 Å². The fourth-order valence-electron chi connectivity index (χ4n) is 2.71. The van der Waals surface area contributed by atoms with E-state index in [1.54, 1.807) is 12.1 Å². The summed E-state index contributed by atoms with van der Waals surface area (Å²) in [5, 5.41) is 0. The number of amides is 1. The first-order valence-corrected chi connectivity index (χ1v) is 11.3. The SMILES string of the molecule is CC(C)=CCN(C(=O)C([Se]c1ccccc1)C(=O)c1ccccc1)C(C)(C)C. The standard InChI is InChI=1S/C24H29NO2Se/c1-18(2)16-17-25(24(3,4)5)23(27)22(28-20-14-10-7-11-15-20)21(26)19-12-8-6-9-13-19/h6-16,22H,17H2,1-5H3. The molecule has 0 aliphatic rings. The van der Waals surface area contributed by atoms with E-state index in [1.165, 1.54) is 0 Å². The molecule has 0 aromatic heterocycles. The zero-order valence-electron chi connectivity index (χ0n) is 17.3. The van der Waals surface area contributed by atoms with E-state index < -0.39 is 4.82 Å². The molecule has 0 saturated heterocycles. The number of rotatable bonds is 7. The van der Waals surface area contributed by atoms with E-state index in [0.29, 0.717) is 12.1 Å². The van der Waals surface area contributed by atoms with Crippen LogP contribution in [0.5, 0.6) is 0 Å². The third kappa shape index (κ3) is 6.19. The molecule has 1 amide bonds. The molecule has 0 aliphatic heterocycles. The van der Waals surface area contributed by atoms with Crippen LogP contribution in [-0.4, -0.2) is 43.6 Å². The molecule has 0 bridgehead atoms. The van der Waals surface area contributed by atoms with E-state index >= 15 is 0 Å². The maximum absolute atomic E-state index is 13.6. The monoisotopic (exact) mass is 443 g/mol. The average molecular weight is 442 g/mol. The Labute approximate surface area is 175 Å². The molecule has 0 N–H and O–H groups in total. The predicted molar refractivity (Wildman–Crippen MR) is 117 cm³/mol. The van der Waals surface area contributed by atoms with Crippen molar-refractivity contribution in [1.29, 1.82) is 0 Å². The van der Waals surface area contributed by atoms with Crippen molar-refractivity contribution in [1.82, 2.24) is 4.90 Å². The molecule has 28 heavy (non-hydrogen) atoms. The van der Waals surface area contributed by atoms with Gasteiger partial charge in [0.15, 0.2) is 0 Å². The molecule has 1 unspecified atom stereocenters. The molecule has 3 nitrogen and oxygen atoms in total. The van der Waals surface area contributed by atoms with Crippen LogP contribution in [0.25, 0.3) is 0 Å². The van der Waals surface area contributed by atoms with Gasteiger partial charge in [0.2, 0.25) is 0 Å². The normalized spacial score (nSPS) is 12.2. The number of carbonyl (C=O) groups excluding carboxylic acids is 2. The molecule has 0 saturated carbocycles. The van der Waals surface area contributed by atoms with E-state index in [9.17, 15) is 9.59 Å². The quantitative estimate of drug-likeness (QED) is 0.278. The summed E-state index contributed by atoms with van der Waals surface area (Å²) in [5.74, 6) is -0.191. The summed E-state index contributed by atoms with van der Waals surface area (Å²) in [6.45, 7) is 10.6. The topological polar surface area (TPSA) is 37.4 Å². The maximum atomic E-state index is 13.6. The molecule has 2 aromatic carbocycles. The minimum absolute atomic E-state index is 0.0947. The van der Waals surface area contributed by atoms with Gasteiger partial charge in [-0.1, -0.05) is 0 Å². The second kappa shape index (κ2) is 9.86. The average Bonchev–Trinajstić information content (AvgIpc) is 2.65. The van der Waals surface area contributed by atoms with Crippen molar-refractivity contribution in [3.8, 4) is 0 Å². The summed E-state index contributed by atoms with van der Waals surface area (Å²) in [4.78, 5) is 28.1. The van der Waals surface area contributed by atoms with Crippen LogP contribution in [0.15, 0.2) is 72.3 Å². The molecule has 2 aromatic rings. The third-order valence-electron chi connectivity index (χ3n) is 4.28. The van der Waals surface area contributed by atoms with Crippen LogP contribution in [-0.2, 0) is 4.79 Å². The molecule has 2 rings (SSSR count). The van der Waals surface area contributed by atoms with Crippen molar-refractivity contribution >= 4 is 31.1 Å². The number of hydrogen-bond acceptors (Lipinski definition) is 2. The van der Waals surface area contributed by atoms with Crippen LogP contribution in [0, 0.1) is 0 Å². The van der Waals surface area contributed by atoms with Crippen molar-refractivity contribution in [3.05, 3.63) is 77.9 Å². The molecular formula is C24H29NO2Se. The zero-order valence-corrected chi connectivity index (χ0v) is 19.0. The summed E-state index contributed by atoms with van der Waals surface area (Å²) in [7, 11) is 0. The summed E-state index contributed by atoms with van der Waals surface area (Å²) >= 11 is -0.292. The van der Waals surface area contributed by atoms with Gasteiger partial charge in [-0.05, 0) is 0 Å². The van der Waals surface area contributed by atoms with E-state index in [4.69, 9.17) is 0 Å². The Bertz CT molecular complexity index is 819. The molecule has 148 valence electrons. The van der Waals surface area contributed by atoms with Crippen LogP contribution in [0.1, 0.15) is 45.0 Å². The minimum atomic E-state index is -0.679. The summed E-state index contributed by atoms with van der Waals surface area (Å²) < 4.78 is 1.05. The van der Waals surface area contributed by atoms with E-state index in [2.05, 4.69) is 0 Å². The Morgan fingerprint density at radius 3 is 2.00 bits per heavy atom. The fourth-order valence-corrected chi connectivity index (χ4v) is 4.93. The number of benzene rings is 2. The van der Waals surface area contributed by atoms with E-state index in [-0.39, 0.29) is 32.2 Å². The number of hydrogen-bond donors (Lipinski definition) is 0. The van der Waals surface area contributed by atoms with Crippen LogP contribution < -0.4 is 4.46 Å². The Morgan fingerprint density at radius 2 is 1.50 bits per heavy atom. The molecule has 1 atom stereocenters. The van der Waals surface area contributed by atoms with E-state index in [1.807, 2.05) is 94.1 Å². The first-order chi connectivity index (χ1) is 13.2. The Morgan fingerprint density at radius 1 is 0.964 bits per heavy atom. The van der Waals surface area contributed by atoms with E-state index in [0.717, 1.165) is 10.0 Å². The van der Waals surface area contributed by atoms with Gasteiger partial charge in [0.05, 0.1) is 0 Å². The summed E-state index contributed by atoms with van der Waals surface area (Å²) in [5.41, 5.74) is 1.38. The van der Waals surface area contributed by atoms with Crippen molar-refractivity contribution < 1.29 is 9.59 Å². The van der Waals surface area contributed by atoms with Gasteiger partial charge < -0.3 is 0 Å². The van der Waals surface area contributed by atoms with Crippen LogP contribution >= 0.6 is 0 Å². The number of Topliss-reactive ketones (excluding diaryl/α,β-unsaturated/α-hetero) is 1. The van der Waals surface area contributed by atoms with Gasteiger partial charge in [-0.25, -0.2) is 0 Å². The van der Waals surface area contributed by atoms with Gasteiger partial charge in [-0.3, -0.25) is 0 Å². The first-order valence-electron chi connectivity index (χ1n) is 9.46. The summed E-state index contributed by atoms with van der Waals surface area (Å²) in [6, 6.07) is 19.0. The molecule has 0 fully saturated rings. The second-order valence-electron chi connectivity index (χ2n) is 7.94. The van der Waals surface area contributed by atoms with Gasteiger partial charge >= 0.3 is 175 Å². The van der Waals surface area contributed by atoms with Crippen LogP contribution in [0.3, 0.4) is 0 Å². The van der Waals surface area contributed by atoms with Crippen molar-refractivity contribution in [2.45, 2.75) is 45.0 Å². The molecule has 0 aliphatic carbocycles. The van der Waals surface area contributed by atoms with Crippen molar-refractivity contribution in [2.24, 2.45) is 0 Å². The molecule has 0 heterocycles. The van der Waals surface area contributed by atoms with Crippen LogP contribution in [0.2, 0.25) is 4.82 Å². The number of nitrogens with zero attached hydrogens (tertiary/aromatic N) is 1. The molecular weight excluding hydrogens is 413 g/mol. The van der Waals surface area contributed by atoms with Gasteiger partial charge in [0.1, 0.15) is 0 Å². The third-order valence-corrected chi connectivity index (χ3v) is 6.78.